The summed E-state index contributed by atoms with van der Waals surface area (Å²) in [6.45, 7) is 2.28. The molecule has 3 rings (SSSR count). The Kier molecular flexibility index (Phi) is 11.8. The predicted octanol–water partition coefficient (Wildman–Crippen LogP) is 4.64. The highest BCUT2D eigenvalue weighted by Gasteiger charge is 2.41. The minimum Gasteiger partial charge on any atom is -0.453 e. The molecule has 4 N–H and O–H groups in total. The van der Waals surface area contributed by atoms with Gasteiger partial charge in [-0.2, -0.15) is 0 Å². The number of aliphatic hydroxyl groups is 1. The SMILES string of the molecule is CNCC(CC1CCCCC1)NC(=O)N1CCCC(C(O)(CCCNC(=O)OC)c2cccc(Cl)c2)C1. The molecule has 2 aliphatic rings. The smallest absolute Gasteiger partial charge is 0.406 e. The van der Waals surface area contributed by atoms with E-state index in [0.717, 1.165) is 31.4 Å². The molecular formula is C28H45ClN4O4. The Morgan fingerprint density at radius 3 is 2.70 bits per heavy atom. The van der Waals surface area contributed by atoms with E-state index in [2.05, 4.69) is 20.7 Å². The molecule has 1 aliphatic heterocycles. The van der Waals surface area contributed by atoms with Gasteiger partial charge in [-0.25, -0.2) is 9.59 Å². The number of alkyl carbamates (subject to hydrolysis) is 1. The van der Waals surface area contributed by atoms with Gasteiger partial charge < -0.3 is 30.7 Å². The molecule has 1 aromatic rings. The lowest BCUT2D eigenvalue weighted by Gasteiger charge is -2.43. The van der Waals surface area contributed by atoms with Crippen molar-refractivity contribution < 1.29 is 19.4 Å². The average Bonchev–Trinajstić information content (AvgIpc) is 2.91. The average molecular weight is 537 g/mol. The number of hydrogen-bond donors (Lipinski definition) is 4. The topological polar surface area (TPSA) is 103 Å². The normalized spacial score (nSPS) is 21.1. The molecule has 2 fully saturated rings. The third kappa shape index (κ3) is 8.76. The van der Waals surface area contributed by atoms with Gasteiger partial charge in [-0.15, -0.1) is 0 Å². The summed E-state index contributed by atoms with van der Waals surface area (Å²) in [6.07, 6.45) is 9.53. The van der Waals surface area contributed by atoms with Crippen LogP contribution in [0.3, 0.4) is 0 Å². The molecule has 1 aliphatic carbocycles. The Morgan fingerprint density at radius 1 is 1.22 bits per heavy atom. The van der Waals surface area contributed by atoms with Crippen molar-refractivity contribution in [3.8, 4) is 0 Å². The molecule has 1 saturated heterocycles. The molecule has 0 bridgehead atoms. The highest BCUT2D eigenvalue weighted by atomic mass is 35.5. The van der Waals surface area contributed by atoms with Crippen LogP contribution in [-0.2, 0) is 10.3 Å². The molecule has 1 heterocycles. The minimum atomic E-state index is -1.17. The lowest BCUT2D eigenvalue weighted by atomic mass is 9.74. The molecule has 9 heteroatoms. The second kappa shape index (κ2) is 14.8. The molecule has 37 heavy (non-hydrogen) atoms. The summed E-state index contributed by atoms with van der Waals surface area (Å²) < 4.78 is 4.65. The largest absolute Gasteiger partial charge is 0.453 e. The first-order chi connectivity index (χ1) is 17.9. The molecule has 0 spiro atoms. The summed E-state index contributed by atoms with van der Waals surface area (Å²) in [4.78, 5) is 26.7. The molecule has 3 unspecified atom stereocenters. The number of piperidine rings is 1. The molecule has 1 aromatic carbocycles. The lowest BCUT2D eigenvalue weighted by Crippen LogP contribution is -2.54. The van der Waals surface area contributed by atoms with Crippen LogP contribution < -0.4 is 16.0 Å². The number of nitrogens with one attached hydrogen (secondary N) is 3. The minimum absolute atomic E-state index is 0.0541. The van der Waals surface area contributed by atoms with Gasteiger partial charge in [0, 0.05) is 43.2 Å². The highest BCUT2D eigenvalue weighted by Crippen LogP contribution is 2.40. The second-order valence-corrected chi connectivity index (χ2v) is 11.1. The number of carbonyl (C=O) groups is 2. The van der Waals surface area contributed by atoms with E-state index >= 15 is 0 Å². The number of methoxy groups -OCH3 is 1. The quantitative estimate of drug-likeness (QED) is 0.308. The zero-order chi connectivity index (χ0) is 26.7. The van der Waals surface area contributed by atoms with Gasteiger partial charge in [-0.05, 0) is 62.8 Å². The molecule has 3 amide bonds. The molecule has 0 radical (unpaired) electrons. The number of likely N-dealkylation sites (tertiary alicyclic amines) is 1. The van der Waals surface area contributed by atoms with Crippen molar-refractivity contribution in [2.45, 2.75) is 75.9 Å². The van der Waals surface area contributed by atoms with E-state index in [9.17, 15) is 14.7 Å². The van der Waals surface area contributed by atoms with Crippen LogP contribution in [0.5, 0.6) is 0 Å². The van der Waals surface area contributed by atoms with Gasteiger partial charge in [-0.1, -0.05) is 55.8 Å². The van der Waals surface area contributed by atoms with Crippen molar-refractivity contribution in [1.82, 2.24) is 20.9 Å². The van der Waals surface area contributed by atoms with Crippen LogP contribution in [0.1, 0.15) is 69.8 Å². The Labute approximate surface area is 226 Å². The van der Waals surface area contributed by atoms with Gasteiger partial charge in [0.2, 0.25) is 0 Å². The molecule has 8 nitrogen and oxygen atoms in total. The zero-order valence-corrected chi connectivity index (χ0v) is 23.2. The van der Waals surface area contributed by atoms with Crippen molar-refractivity contribution in [1.29, 1.82) is 0 Å². The van der Waals surface area contributed by atoms with Crippen molar-refractivity contribution in [2.24, 2.45) is 11.8 Å². The summed E-state index contributed by atoms with van der Waals surface area (Å²) in [6, 6.07) is 7.38. The first kappa shape index (κ1) is 29.5. The monoisotopic (exact) mass is 536 g/mol. The summed E-state index contributed by atoms with van der Waals surface area (Å²) in [5.74, 6) is 0.526. The van der Waals surface area contributed by atoms with Gasteiger partial charge in [-0.3, -0.25) is 0 Å². The van der Waals surface area contributed by atoms with E-state index in [-0.39, 0.29) is 18.0 Å². The molecule has 208 valence electrons. The third-order valence-corrected chi connectivity index (χ3v) is 8.25. The van der Waals surface area contributed by atoms with Crippen LogP contribution >= 0.6 is 11.6 Å². The Hall–Kier alpha value is -2.03. The number of rotatable bonds is 11. The van der Waals surface area contributed by atoms with E-state index in [1.54, 1.807) is 12.1 Å². The number of amides is 3. The van der Waals surface area contributed by atoms with Crippen molar-refractivity contribution in [2.75, 3.05) is 40.3 Å². The van der Waals surface area contributed by atoms with Crippen LogP contribution in [0, 0.1) is 11.8 Å². The number of likely N-dealkylation sites (N-methyl/N-ethyl adjacent to an activating group) is 1. The maximum Gasteiger partial charge on any atom is 0.406 e. The molecular weight excluding hydrogens is 492 g/mol. The van der Waals surface area contributed by atoms with Gasteiger partial charge >= 0.3 is 12.1 Å². The summed E-state index contributed by atoms with van der Waals surface area (Å²) in [5.41, 5.74) is -0.426. The number of hydrogen-bond acceptors (Lipinski definition) is 5. The van der Waals surface area contributed by atoms with Crippen molar-refractivity contribution >= 4 is 23.7 Å². The Morgan fingerprint density at radius 2 is 2.00 bits per heavy atom. The fourth-order valence-electron chi connectivity index (χ4n) is 6.04. The Balaban J connectivity index is 1.68. The van der Waals surface area contributed by atoms with E-state index in [1.807, 2.05) is 24.1 Å². The van der Waals surface area contributed by atoms with Gasteiger partial charge in [0.25, 0.3) is 0 Å². The fourth-order valence-corrected chi connectivity index (χ4v) is 6.23. The molecule has 0 aromatic heterocycles. The number of carbonyl (C=O) groups excluding carboxylic acids is 2. The van der Waals surface area contributed by atoms with Gasteiger partial charge in [0.05, 0.1) is 12.7 Å². The number of urea groups is 1. The maximum atomic E-state index is 13.4. The fraction of sp³-hybridized carbons (Fsp3) is 0.714. The summed E-state index contributed by atoms with van der Waals surface area (Å²) >= 11 is 6.29. The van der Waals surface area contributed by atoms with Crippen molar-refractivity contribution in [3.05, 3.63) is 34.9 Å². The van der Waals surface area contributed by atoms with Crippen LogP contribution in [0.2, 0.25) is 5.02 Å². The number of benzene rings is 1. The summed E-state index contributed by atoms with van der Waals surface area (Å²) in [5, 5.41) is 21.8. The molecule has 1 saturated carbocycles. The van der Waals surface area contributed by atoms with E-state index in [0.29, 0.717) is 43.4 Å². The lowest BCUT2D eigenvalue weighted by molar-refractivity contribution is -0.0552. The first-order valence-electron chi connectivity index (χ1n) is 13.9. The van der Waals surface area contributed by atoms with Crippen molar-refractivity contribution in [3.63, 3.8) is 0 Å². The maximum absolute atomic E-state index is 13.4. The first-order valence-corrected chi connectivity index (χ1v) is 14.2. The van der Waals surface area contributed by atoms with E-state index < -0.39 is 11.7 Å². The number of halogens is 1. The standard InChI is InChI=1S/C28H45ClN4O4/c1-30-19-25(17-21-9-4-3-5-10-21)32-26(34)33-16-7-12-23(20-33)28(36,14-8-15-31-27(35)37-2)22-11-6-13-24(29)18-22/h6,11,13,18,21,23,25,30,36H,3-5,7-10,12,14-17,19-20H2,1-2H3,(H,31,35)(H,32,34). The predicted molar refractivity (Wildman–Crippen MR) is 147 cm³/mol. The summed E-state index contributed by atoms with van der Waals surface area (Å²) in [7, 11) is 3.26. The number of ether oxygens (including phenoxy) is 1. The van der Waals surface area contributed by atoms with Crippen LogP contribution in [0.15, 0.2) is 24.3 Å². The van der Waals surface area contributed by atoms with Crippen LogP contribution in [0.25, 0.3) is 0 Å². The van der Waals surface area contributed by atoms with Crippen LogP contribution in [0.4, 0.5) is 9.59 Å². The second-order valence-electron chi connectivity index (χ2n) is 10.7. The van der Waals surface area contributed by atoms with E-state index in [4.69, 9.17) is 11.6 Å². The third-order valence-electron chi connectivity index (χ3n) is 8.02. The Bertz CT molecular complexity index is 866. The van der Waals surface area contributed by atoms with Gasteiger partial charge in [0.1, 0.15) is 0 Å². The number of nitrogens with zero attached hydrogens (tertiary/aromatic N) is 1. The van der Waals surface area contributed by atoms with E-state index in [1.165, 1.54) is 39.2 Å². The van der Waals surface area contributed by atoms with Gasteiger partial charge in [0.15, 0.2) is 0 Å². The highest BCUT2D eigenvalue weighted by molar-refractivity contribution is 6.30. The zero-order valence-electron chi connectivity index (χ0n) is 22.4. The van der Waals surface area contributed by atoms with Crippen LogP contribution in [-0.4, -0.2) is 68.5 Å². The molecule has 3 atom stereocenters.